The summed E-state index contributed by atoms with van der Waals surface area (Å²) in [5.74, 6) is 0. The molecule has 0 saturated carbocycles. The van der Waals surface area contributed by atoms with E-state index in [-0.39, 0.29) is 0 Å². The molecule has 0 bridgehead atoms. The van der Waals surface area contributed by atoms with Crippen molar-refractivity contribution in [1.29, 1.82) is 0 Å². The van der Waals surface area contributed by atoms with Gasteiger partial charge in [-0.05, 0) is 46.4 Å². The molecule has 0 aliphatic heterocycles. The Morgan fingerprint density at radius 2 is 1.52 bits per heavy atom. The van der Waals surface area contributed by atoms with Crippen LogP contribution in [0.5, 0.6) is 0 Å². The van der Waals surface area contributed by atoms with Gasteiger partial charge in [0.2, 0.25) is 0 Å². The molecule has 0 saturated heterocycles. The van der Waals surface area contributed by atoms with Crippen LogP contribution < -0.4 is 0 Å². The Labute approximate surface area is 145 Å². The first kappa shape index (κ1) is 16.7. The number of halogens is 2. The molecule has 0 unspecified atom stereocenters. The van der Waals surface area contributed by atoms with E-state index in [2.05, 4.69) is 73.7 Å². The summed E-state index contributed by atoms with van der Waals surface area (Å²) in [4.78, 5) is 0. The summed E-state index contributed by atoms with van der Waals surface area (Å²) in [6.45, 7) is 2.17. The fraction of sp³-hybridized carbons (Fsp3) is 0.111. The van der Waals surface area contributed by atoms with E-state index >= 15 is 0 Å². The van der Waals surface area contributed by atoms with Gasteiger partial charge in [-0.1, -0.05) is 61.5 Å². The van der Waals surface area contributed by atoms with E-state index in [1.165, 1.54) is 27.8 Å². The van der Waals surface area contributed by atoms with Crippen molar-refractivity contribution in [3.8, 4) is 22.3 Å². The van der Waals surface area contributed by atoms with Crippen LogP contribution in [0.25, 0.3) is 22.3 Å². The Kier molecular flexibility index (Phi) is 6.97. The van der Waals surface area contributed by atoms with Gasteiger partial charge in [0.05, 0.1) is 0 Å². The van der Waals surface area contributed by atoms with E-state index in [0.717, 1.165) is 6.42 Å². The third-order valence-corrected chi connectivity index (χ3v) is 3.30. The predicted octanol–water partition coefficient (Wildman–Crippen LogP) is 6.20. The molecule has 0 atom stereocenters. The Hall–Kier alpha value is -0.617. The van der Waals surface area contributed by atoms with Gasteiger partial charge < -0.3 is 0 Å². The third kappa shape index (κ3) is 4.42. The number of benzene rings is 1. The summed E-state index contributed by atoms with van der Waals surface area (Å²) in [5.41, 5.74) is 6.33. The average molecular weight is 393 g/mol. The summed E-state index contributed by atoms with van der Waals surface area (Å²) < 4.78 is 0. The molecule has 1 radical (unpaired) electrons. The third-order valence-electron chi connectivity index (χ3n) is 3.30. The van der Waals surface area contributed by atoms with Crippen LogP contribution in [0.15, 0.2) is 60.7 Å². The number of aryl methyl sites for hydroxylation is 1. The number of hydrogen-bond acceptors (Lipinski definition) is 0. The molecule has 0 nitrogen and oxygen atoms in total. The van der Waals surface area contributed by atoms with E-state index in [1.807, 2.05) is 0 Å². The molecule has 2 aliphatic carbocycles. The van der Waals surface area contributed by atoms with Gasteiger partial charge in [0.25, 0.3) is 0 Å². The Morgan fingerprint density at radius 1 is 0.905 bits per heavy atom. The van der Waals surface area contributed by atoms with Crippen LogP contribution in [-0.4, -0.2) is 0 Å². The molecular formula is C18H15Cl2Zr. The first-order chi connectivity index (χ1) is 10.3. The SMILES string of the molecule is CCc1[c]c2ccccc(-c3ccccc3)c-2c1.[Cl][Zr][Cl]. The molecule has 0 N–H and O–H groups in total. The van der Waals surface area contributed by atoms with Gasteiger partial charge in [-0.2, -0.15) is 0 Å². The summed E-state index contributed by atoms with van der Waals surface area (Å²) in [7, 11) is 9.87. The van der Waals surface area contributed by atoms with Crippen molar-refractivity contribution in [2.75, 3.05) is 0 Å². The summed E-state index contributed by atoms with van der Waals surface area (Å²) in [6.07, 6.45) is 1.03. The molecule has 3 rings (SSSR count). The van der Waals surface area contributed by atoms with E-state index < -0.39 is 20.8 Å². The van der Waals surface area contributed by atoms with Gasteiger partial charge in [-0.15, -0.1) is 0 Å². The van der Waals surface area contributed by atoms with Crippen molar-refractivity contribution in [2.24, 2.45) is 0 Å². The van der Waals surface area contributed by atoms with E-state index in [9.17, 15) is 0 Å². The summed E-state index contributed by atoms with van der Waals surface area (Å²) in [6, 6.07) is 24.8. The average Bonchev–Trinajstić information content (AvgIpc) is 2.82. The molecule has 0 aromatic heterocycles. The second-order valence-corrected chi connectivity index (χ2v) is 8.28. The summed E-state index contributed by atoms with van der Waals surface area (Å²) in [5, 5.41) is 0. The molecule has 0 amide bonds. The van der Waals surface area contributed by atoms with Gasteiger partial charge in [-0.3, -0.25) is 0 Å². The normalized spacial score (nSPS) is 9.86. The monoisotopic (exact) mass is 391 g/mol. The van der Waals surface area contributed by atoms with Crippen molar-refractivity contribution >= 4 is 17.0 Å². The number of rotatable bonds is 2. The zero-order chi connectivity index (χ0) is 15.1. The fourth-order valence-electron chi connectivity index (χ4n) is 2.34. The van der Waals surface area contributed by atoms with Crippen LogP contribution in [0.4, 0.5) is 0 Å². The van der Waals surface area contributed by atoms with Gasteiger partial charge in [-0.25, -0.2) is 0 Å². The molecule has 21 heavy (non-hydrogen) atoms. The maximum atomic E-state index is 4.93. The molecule has 2 aliphatic rings. The van der Waals surface area contributed by atoms with Crippen LogP contribution in [0.3, 0.4) is 0 Å². The maximum absolute atomic E-state index is 4.93. The Balaban J connectivity index is 0.000000497. The van der Waals surface area contributed by atoms with Crippen LogP contribution >= 0.6 is 17.0 Å². The fourth-order valence-corrected chi connectivity index (χ4v) is 2.34. The number of hydrogen-bond donors (Lipinski definition) is 0. The standard InChI is InChI=1S/C18H15.2ClH.Zr/c1-2-14-12-16-10-6-7-11-17(18(16)13-14)15-8-4-3-5-9-15;;;/h3-11,13H,2H2,1H3;2*1H;/q;;;+2/p-2. The zero-order valence-electron chi connectivity index (χ0n) is 11.7. The first-order valence-corrected chi connectivity index (χ1v) is 13.1. The van der Waals surface area contributed by atoms with E-state index in [1.54, 1.807) is 0 Å². The van der Waals surface area contributed by atoms with Crippen molar-refractivity contribution in [3.05, 3.63) is 72.3 Å². The van der Waals surface area contributed by atoms with E-state index in [4.69, 9.17) is 17.0 Å². The second-order valence-electron chi connectivity index (χ2n) is 4.54. The van der Waals surface area contributed by atoms with Gasteiger partial charge in [0.1, 0.15) is 0 Å². The Morgan fingerprint density at radius 3 is 2.19 bits per heavy atom. The Bertz CT molecular complexity index is 653. The van der Waals surface area contributed by atoms with E-state index in [0.29, 0.717) is 0 Å². The van der Waals surface area contributed by atoms with Crippen LogP contribution in [-0.2, 0) is 27.3 Å². The van der Waals surface area contributed by atoms with Crippen molar-refractivity contribution in [3.63, 3.8) is 0 Å². The number of fused-ring (bicyclic) bond motifs is 1. The minimum atomic E-state index is -0.826. The van der Waals surface area contributed by atoms with Gasteiger partial charge >= 0.3 is 37.9 Å². The predicted molar refractivity (Wildman–Crippen MR) is 88.4 cm³/mol. The van der Waals surface area contributed by atoms with Gasteiger partial charge in [0, 0.05) is 0 Å². The molecular weight excluding hydrogens is 378 g/mol. The van der Waals surface area contributed by atoms with Crippen LogP contribution in [0, 0.1) is 6.07 Å². The first-order valence-electron chi connectivity index (χ1n) is 6.75. The molecule has 3 heteroatoms. The molecule has 1 aromatic rings. The van der Waals surface area contributed by atoms with Gasteiger partial charge in [0.15, 0.2) is 0 Å². The van der Waals surface area contributed by atoms with Crippen molar-refractivity contribution in [2.45, 2.75) is 13.3 Å². The molecule has 0 spiro atoms. The van der Waals surface area contributed by atoms with Crippen molar-refractivity contribution in [1.82, 2.24) is 0 Å². The molecule has 0 heterocycles. The second kappa shape index (κ2) is 8.74. The topological polar surface area (TPSA) is 0 Å². The van der Waals surface area contributed by atoms with Crippen LogP contribution in [0.2, 0.25) is 0 Å². The molecule has 0 fully saturated rings. The zero-order valence-corrected chi connectivity index (χ0v) is 15.7. The van der Waals surface area contributed by atoms with Crippen LogP contribution in [0.1, 0.15) is 12.5 Å². The quantitative estimate of drug-likeness (QED) is 0.486. The molecule has 105 valence electrons. The van der Waals surface area contributed by atoms with Crippen molar-refractivity contribution < 1.29 is 20.8 Å². The summed E-state index contributed by atoms with van der Waals surface area (Å²) >= 11 is -0.826. The minimum absolute atomic E-state index is 0.826. The molecule has 1 aromatic carbocycles.